The smallest absolute Gasteiger partial charge is 0.274 e. The molecule has 0 aliphatic carbocycles. The summed E-state index contributed by atoms with van der Waals surface area (Å²) in [7, 11) is 0. The SMILES string of the molecule is Cc1c(C(=O)NCc2ccnc(N3CCCC3)c2)nnn1-c1cccc([N+](=O)[O-])c1. The van der Waals surface area contributed by atoms with Crippen LogP contribution >= 0.6 is 0 Å². The van der Waals surface area contributed by atoms with Crippen LogP contribution in [-0.4, -0.2) is 43.9 Å². The summed E-state index contributed by atoms with van der Waals surface area (Å²) in [6, 6.07) is 9.88. The van der Waals surface area contributed by atoms with Crippen molar-refractivity contribution in [2.24, 2.45) is 0 Å². The lowest BCUT2D eigenvalue weighted by Gasteiger charge is -2.16. The Morgan fingerprint density at radius 3 is 2.80 bits per heavy atom. The van der Waals surface area contributed by atoms with E-state index in [1.165, 1.54) is 29.7 Å². The molecule has 0 bridgehead atoms. The Balaban J connectivity index is 1.47. The fourth-order valence-electron chi connectivity index (χ4n) is 3.48. The molecule has 0 atom stereocenters. The number of non-ortho nitro benzene ring substituents is 1. The molecule has 0 unspecified atom stereocenters. The maximum absolute atomic E-state index is 12.6. The number of hydrogen-bond acceptors (Lipinski definition) is 7. The molecule has 4 rings (SSSR count). The van der Waals surface area contributed by atoms with Crippen molar-refractivity contribution in [3.05, 3.63) is 69.7 Å². The molecule has 30 heavy (non-hydrogen) atoms. The minimum absolute atomic E-state index is 0.0557. The molecule has 1 amide bonds. The topological polar surface area (TPSA) is 119 Å². The van der Waals surface area contributed by atoms with Crippen LogP contribution in [0.5, 0.6) is 0 Å². The zero-order valence-electron chi connectivity index (χ0n) is 16.5. The molecule has 3 aromatic rings. The standard InChI is InChI=1S/C20H21N7O3/c1-14-19(23-24-26(14)16-5-4-6-17(12-16)27(29)30)20(28)22-13-15-7-8-21-18(11-15)25-9-2-3-10-25/h4-8,11-12H,2-3,9-10,13H2,1H3,(H,22,28). The van der Waals surface area contributed by atoms with Gasteiger partial charge in [-0.2, -0.15) is 0 Å². The molecule has 10 heteroatoms. The second-order valence-corrected chi connectivity index (χ2v) is 7.11. The Hall–Kier alpha value is -3.82. The fraction of sp³-hybridized carbons (Fsp3) is 0.300. The number of amides is 1. The molecule has 1 aliphatic heterocycles. The number of hydrogen-bond donors (Lipinski definition) is 1. The van der Waals surface area contributed by atoms with E-state index in [4.69, 9.17) is 0 Å². The number of carbonyl (C=O) groups excluding carboxylic acids is 1. The van der Waals surface area contributed by atoms with Gasteiger partial charge in [0.15, 0.2) is 5.69 Å². The Labute approximate surface area is 172 Å². The van der Waals surface area contributed by atoms with Gasteiger partial charge in [0.1, 0.15) is 5.82 Å². The van der Waals surface area contributed by atoms with Crippen LogP contribution in [0.3, 0.4) is 0 Å². The summed E-state index contributed by atoms with van der Waals surface area (Å²) >= 11 is 0. The summed E-state index contributed by atoms with van der Waals surface area (Å²) in [6.07, 6.45) is 4.09. The minimum Gasteiger partial charge on any atom is -0.357 e. The van der Waals surface area contributed by atoms with E-state index in [1.807, 2.05) is 12.1 Å². The normalized spacial score (nSPS) is 13.4. The quantitative estimate of drug-likeness (QED) is 0.492. The summed E-state index contributed by atoms with van der Waals surface area (Å²) in [5.74, 6) is 0.566. The van der Waals surface area contributed by atoms with Crippen molar-refractivity contribution in [1.82, 2.24) is 25.3 Å². The monoisotopic (exact) mass is 407 g/mol. The predicted molar refractivity (Wildman–Crippen MR) is 110 cm³/mol. The van der Waals surface area contributed by atoms with Gasteiger partial charge >= 0.3 is 0 Å². The summed E-state index contributed by atoms with van der Waals surface area (Å²) in [5, 5.41) is 21.8. The first-order chi connectivity index (χ1) is 14.5. The van der Waals surface area contributed by atoms with E-state index in [9.17, 15) is 14.9 Å². The number of rotatable bonds is 6. The first kappa shape index (κ1) is 19.5. The van der Waals surface area contributed by atoms with E-state index in [0.717, 1.165) is 24.5 Å². The highest BCUT2D eigenvalue weighted by atomic mass is 16.6. The van der Waals surface area contributed by atoms with Crippen LogP contribution in [-0.2, 0) is 6.54 Å². The van der Waals surface area contributed by atoms with E-state index in [2.05, 4.69) is 25.5 Å². The van der Waals surface area contributed by atoms with Crippen LogP contribution < -0.4 is 10.2 Å². The van der Waals surface area contributed by atoms with Gasteiger partial charge in [-0.25, -0.2) is 9.67 Å². The molecule has 154 valence electrons. The van der Waals surface area contributed by atoms with Crippen molar-refractivity contribution in [3.8, 4) is 5.69 Å². The van der Waals surface area contributed by atoms with Gasteiger partial charge < -0.3 is 10.2 Å². The lowest BCUT2D eigenvalue weighted by Crippen LogP contribution is -2.24. The number of nitrogens with one attached hydrogen (secondary N) is 1. The molecule has 1 fully saturated rings. The number of pyridine rings is 1. The van der Waals surface area contributed by atoms with E-state index in [0.29, 0.717) is 17.9 Å². The van der Waals surface area contributed by atoms with E-state index in [1.54, 1.807) is 25.3 Å². The van der Waals surface area contributed by atoms with Gasteiger partial charge in [-0.1, -0.05) is 11.3 Å². The van der Waals surface area contributed by atoms with Crippen LogP contribution in [0.2, 0.25) is 0 Å². The number of anilines is 1. The lowest BCUT2D eigenvalue weighted by molar-refractivity contribution is -0.384. The molecule has 0 radical (unpaired) electrons. The van der Waals surface area contributed by atoms with Crippen LogP contribution in [0.1, 0.15) is 34.6 Å². The van der Waals surface area contributed by atoms with Crippen LogP contribution in [0.25, 0.3) is 5.69 Å². The first-order valence-electron chi connectivity index (χ1n) is 9.68. The van der Waals surface area contributed by atoms with Crippen molar-refractivity contribution in [2.45, 2.75) is 26.3 Å². The van der Waals surface area contributed by atoms with Gasteiger partial charge in [-0.3, -0.25) is 14.9 Å². The zero-order chi connectivity index (χ0) is 21.1. The molecule has 1 saturated heterocycles. The van der Waals surface area contributed by atoms with Crippen molar-refractivity contribution >= 4 is 17.4 Å². The lowest BCUT2D eigenvalue weighted by atomic mass is 10.2. The third kappa shape index (κ3) is 3.97. The highest BCUT2D eigenvalue weighted by molar-refractivity contribution is 5.93. The van der Waals surface area contributed by atoms with Crippen molar-refractivity contribution in [3.63, 3.8) is 0 Å². The molecule has 3 heterocycles. The molecule has 10 nitrogen and oxygen atoms in total. The number of carbonyl (C=O) groups is 1. The number of aromatic nitrogens is 4. The van der Waals surface area contributed by atoms with E-state index in [-0.39, 0.29) is 17.3 Å². The Morgan fingerprint density at radius 2 is 2.03 bits per heavy atom. The zero-order valence-corrected chi connectivity index (χ0v) is 16.5. The molecule has 0 spiro atoms. The van der Waals surface area contributed by atoms with E-state index < -0.39 is 4.92 Å². The minimum atomic E-state index is -0.478. The number of nitro benzene ring substituents is 1. The highest BCUT2D eigenvalue weighted by Crippen LogP contribution is 2.20. The molecule has 1 aliphatic rings. The largest absolute Gasteiger partial charge is 0.357 e. The van der Waals surface area contributed by atoms with Gasteiger partial charge in [0.2, 0.25) is 0 Å². The first-order valence-corrected chi connectivity index (χ1v) is 9.68. The predicted octanol–water partition coefficient (Wildman–Crippen LogP) is 2.41. The third-order valence-corrected chi connectivity index (χ3v) is 5.09. The van der Waals surface area contributed by atoms with Crippen LogP contribution in [0.4, 0.5) is 11.5 Å². The molecule has 0 saturated carbocycles. The van der Waals surface area contributed by atoms with Gasteiger partial charge in [0, 0.05) is 38.0 Å². The molecule has 1 N–H and O–H groups in total. The average Bonchev–Trinajstić information content (AvgIpc) is 3.42. The van der Waals surface area contributed by atoms with Crippen molar-refractivity contribution in [1.29, 1.82) is 0 Å². The van der Waals surface area contributed by atoms with Crippen molar-refractivity contribution < 1.29 is 9.72 Å². The highest BCUT2D eigenvalue weighted by Gasteiger charge is 2.19. The Kier molecular flexibility index (Phi) is 5.38. The maximum atomic E-state index is 12.6. The summed E-state index contributed by atoms with van der Waals surface area (Å²) in [4.78, 5) is 29.8. The Bertz CT molecular complexity index is 1090. The maximum Gasteiger partial charge on any atom is 0.274 e. The second-order valence-electron chi connectivity index (χ2n) is 7.11. The van der Waals surface area contributed by atoms with Crippen LogP contribution in [0, 0.1) is 17.0 Å². The van der Waals surface area contributed by atoms with Gasteiger partial charge in [0.25, 0.3) is 11.6 Å². The van der Waals surface area contributed by atoms with Gasteiger partial charge in [-0.05, 0) is 43.5 Å². The number of nitro groups is 1. The van der Waals surface area contributed by atoms with Crippen molar-refractivity contribution in [2.75, 3.05) is 18.0 Å². The molecular weight excluding hydrogens is 386 g/mol. The molecule has 1 aromatic carbocycles. The molecular formula is C20H21N7O3. The summed E-state index contributed by atoms with van der Waals surface area (Å²) in [5.41, 5.74) is 2.04. The Morgan fingerprint density at radius 1 is 1.23 bits per heavy atom. The summed E-state index contributed by atoms with van der Waals surface area (Å²) < 4.78 is 1.42. The average molecular weight is 407 g/mol. The second kappa shape index (κ2) is 8.27. The number of nitrogens with zero attached hydrogens (tertiary/aromatic N) is 6. The van der Waals surface area contributed by atoms with Gasteiger partial charge in [0.05, 0.1) is 16.3 Å². The van der Waals surface area contributed by atoms with Gasteiger partial charge in [-0.15, -0.1) is 5.10 Å². The number of benzene rings is 1. The van der Waals surface area contributed by atoms with E-state index >= 15 is 0 Å². The van der Waals surface area contributed by atoms with Crippen LogP contribution in [0.15, 0.2) is 42.6 Å². The molecule has 2 aromatic heterocycles. The summed E-state index contributed by atoms with van der Waals surface area (Å²) in [6.45, 7) is 4.04. The fourth-order valence-corrected chi connectivity index (χ4v) is 3.48. The third-order valence-electron chi connectivity index (χ3n) is 5.09.